The molecule has 0 bridgehead atoms. The molecule has 1 unspecified atom stereocenters. The van der Waals surface area contributed by atoms with Gasteiger partial charge in [0.2, 0.25) is 5.91 Å². The molecule has 0 radical (unpaired) electrons. The number of nitrogens with one attached hydrogen (secondary N) is 2. The summed E-state index contributed by atoms with van der Waals surface area (Å²) in [6.45, 7) is 5.87. The third kappa shape index (κ3) is 3.93. The van der Waals surface area contributed by atoms with Crippen LogP contribution in [0.2, 0.25) is 0 Å². The monoisotopic (exact) mass is 245 g/mol. The van der Waals surface area contributed by atoms with E-state index in [1.165, 1.54) is 20.8 Å². The molecule has 0 saturated carbocycles. The second-order valence-electron chi connectivity index (χ2n) is 4.56. The molecule has 0 aliphatic rings. The maximum atomic E-state index is 11.5. The maximum Gasteiger partial charge on any atom is 0.329 e. The highest BCUT2D eigenvalue weighted by atomic mass is 16.4. The van der Waals surface area contributed by atoms with Crippen molar-refractivity contribution >= 4 is 17.9 Å². The van der Waals surface area contributed by atoms with Crippen LogP contribution in [-0.4, -0.2) is 34.1 Å². The van der Waals surface area contributed by atoms with Crippen LogP contribution in [0.15, 0.2) is 0 Å². The highest BCUT2D eigenvalue weighted by molar-refractivity contribution is 5.91. The first-order chi connectivity index (χ1) is 7.55. The van der Waals surface area contributed by atoms with Crippen molar-refractivity contribution in [2.45, 2.75) is 45.2 Å². The summed E-state index contributed by atoms with van der Waals surface area (Å²) in [6.07, 6.45) is 0.215. The minimum absolute atomic E-state index is 0.215. The van der Waals surface area contributed by atoms with Crippen molar-refractivity contribution in [2.75, 3.05) is 0 Å². The molecule has 0 aromatic rings. The van der Waals surface area contributed by atoms with Gasteiger partial charge in [-0.3, -0.25) is 4.79 Å². The van der Waals surface area contributed by atoms with Crippen molar-refractivity contribution in [2.24, 2.45) is 5.73 Å². The van der Waals surface area contributed by atoms with E-state index in [-0.39, 0.29) is 6.42 Å². The second kappa shape index (κ2) is 5.03. The Morgan fingerprint density at radius 1 is 1.18 bits per heavy atom. The van der Waals surface area contributed by atoms with Gasteiger partial charge in [0.05, 0.1) is 0 Å². The van der Waals surface area contributed by atoms with Crippen LogP contribution in [0, 0.1) is 0 Å². The van der Waals surface area contributed by atoms with Gasteiger partial charge in [0.15, 0.2) is 0 Å². The van der Waals surface area contributed by atoms with E-state index in [0.717, 1.165) is 0 Å². The van der Waals surface area contributed by atoms with Crippen LogP contribution in [-0.2, 0) is 9.59 Å². The molecule has 1 atom stereocenters. The average Bonchev–Trinajstić information content (AvgIpc) is 2.15. The minimum atomic E-state index is -1.38. The van der Waals surface area contributed by atoms with Gasteiger partial charge in [-0.15, -0.1) is 0 Å². The first kappa shape index (κ1) is 15.2. The Kier molecular flexibility index (Phi) is 4.50. The lowest BCUT2D eigenvalue weighted by molar-refractivity contribution is -0.143. The number of amides is 3. The summed E-state index contributed by atoms with van der Waals surface area (Å²) in [4.78, 5) is 33.5. The van der Waals surface area contributed by atoms with E-state index in [0.29, 0.717) is 0 Å². The van der Waals surface area contributed by atoms with Gasteiger partial charge in [-0.25, -0.2) is 9.59 Å². The van der Waals surface area contributed by atoms with Crippen LogP contribution in [0.3, 0.4) is 0 Å². The van der Waals surface area contributed by atoms with E-state index >= 15 is 0 Å². The van der Waals surface area contributed by atoms with E-state index < -0.39 is 29.0 Å². The lowest BCUT2D eigenvalue weighted by atomic mass is 9.99. The third-order valence-electron chi connectivity index (χ3n) is 2.61. The number of primary amides is 1. The Balaban J connectivity index is 4.67. The van der Waals surface area contributed by atoms with E-state index in [4.69, 9.17) is 10.8 Å². The zero-order valence-electron chi connectivity index (χ0n) is 10.5. The van der Waals surface area contributed by atoms with Crippen molar-refractivity contribution in [3.8, 4) is 0 Å². The van der Waals surface area contributed by atoms with Gasteiger partial charge in [0.25, 0.3) is 0 Å². The van der Waals surface area contributed by atoms with Gasteiger partial charge in [-0.05, 0) is 27.2 Å². The summed E-state index contributed by atoms with van der Waals surface area (Å²) in [5.74, 6) is -1.85. The minimum Gasteiger partial charge on any atom is -0.480 e. The Bertz CT molecular complexity index is 340. The van der Waals surface area contributed by atoms with Gasteiger partial charge in [-0.1, -0.05) is 6.92 Å². The fourth-order valence-electron chi connectivity index (χ4n) is 0.920. The molecule has 3 amide bonds. The van der Waals surface area contributed by atoms with E-state index in [9.17, 15) is 14.4 Å². The van der Waals surface area contributed by atoms with E-state index in [1.807, 2.05) is 0 Å². The molecule has 5 N–H and O–H groups in total. The summed E-state index contributed by atoms with van der Waals surface area (Å²) in [5.41, 5.74) is 2.46. The van der Waals surface area contributed by atoms with Crippen LogP contribution in [0.1, 0.15) is 34.1 Å². The van der Waals surface area contributed by atoms with Gasteiger partial charge < -0.3 is 21.5 Å². The number of carbonyl (C=O) groups excluding carboxylic acids is 2. The van der Waals surface area contributed by atoms with Crippen LogP contribution >= 0.6 is 0 Å². The van der Waals surface area contributed by atoms with Crippen LogP contribution in [0.4, 0.5) is 4.79 Å². The molecule has 0 aliphatic heterocycles. The smallest absolute Gasteiger partial charge is 0.329 e. The van der Waals surface area contributed by atoms with Gasteiger partial charge >= 0.3 is 12.0 Å². The number of aliphatic carboxylic acids is 1. The molecule has 0 rings (SSSR count). The molecule has 0 aromatic heterocycles. The molecule has 98 valence electrons. The number of nitrogens with two attached hydrogens (primary N) is 1. The summed E-state index contributed by atoms with van der Waals surface area (Å²) >= 11 is 0. The predicted octanol–water partition coefficient (Wildman–Crippen LogP) is -0.197. The topological polar surface area (TPSA) is 122 Å². The number of rotatable bonds is 5. The Labute approximate surface area is 99.7 Å². The standard InChI is InChI=1S/C10H19N3O4/c1-5-10(4,7(15)16)13-8(17)12-9(2,3)6(11)14/h5H2,1-4H3,(H2,11,14)(H,15,16)(H2,12,13,17). The number of carboxylic acids is 1. The SMILES string of the molecule is CCC(C)(NC(=O)NC(C)(C)C(N)=O)C(=O)O. The van der Waals surface area contributed by atoms with Gasteiger partial charge in [0.1, 0.15) is 11.1 Å². The lowest BCUT2D eigenvalue weighted by Crippen LogP contribution is -2.61. The zero-order valence-corrected chi connectivity index (χ0v) is 10.5. The molecule has 0 aliphatic carbocycles. The molecule has 0 aromatic carbocycles. The fraction of sp³-hybridized carbons (Fsp3) is 0.700. The third-order valence-corrected chi connectivity index (χ3v) is 2.61. The molecule has 0 saturated heterocycles. The summed E-state index contributed by atoms with van der Waals surface area (Å²) in [7, 11) is 0. The average molecular weight is 245 g/mol. The number of carboxylic acid groups (broad SMARTS) is 1. The van der Waals surface area contributed by atoms with Crippen LogP contribution < -0.4 is 16.4 Å². The number of urea groups is 1. The molecule has 0 spiro atoms. The molecule has 7 heteroatoms. The molecular formula is C10H19N3O4. The molecule has 7 nitrogen and oxygen atoms in total. The summed E-state index contributed by atoms with van der Waals surface area (Å²) in [6, 6.07) is -0.749. The van der Waals surface area contributed by atoms with Gasteiger partial charge in [-0.2, -0.15) is 0 Å². The normalized spacial score (nSPS) is 14.6. The highest BCUT2D eigenvalue weighted by Gasteiger charge is 2.35. The summed E-state index contributed by atoms with van der Waals surface area (Å²) < 4.78 is 0. The Morgan fingerprint density at radius 3 is 1.94 bits per heavy atom. The van der Waals surface area contributed by atoms with Crippen molar-refractivity contribution in [3.05, 3.63) is 0 Å². The fourth-order valence-corrected chi connectivity index (χ4v) is 0.920. The van der Waals surface area contributed by atoms with Crippen molar-refractivity contribution in [1.29, 1.82) is 0 Å². The quantitative estimate of drug-likeness (QED) is 0.536. The number of hydrogen-bond donors (Lipinski definition) is 4. The van der Waals surface area contributed by atoms with Crippen LogP contribution in [0.25, 0.3) is 0 Å². The first-order valence-electron chi connectivity index (χ1n) is 5.19. The van der Waals surface area contributed by atoms with E-state index in [1.54, 1.807) is 6.92 Å². The Morgan fingerprint density at radius 2 is 1.65 bits per heavy atom. The van der Waals surface area contributed by atoms with Crippen molar-refractivity contribution < 1.29 is 19.5 Å². The zero-order chi connectivity index (χ0) is 13.9. The maximum absolute atomic E-state index is 11.5. The van der Waals surface area contributed by atoms with Crippen LogP contribution in [0.5, 0.6) is 0 Å². The summed E-state index contributed by atoms with van der Waals surface area (Å²) in [5, 5.41) is 13.6. The Hall–Kier alpha value is -1.79. The second-order valence-corrected chi connectivity index (χ2v) is 4.56. The van der Waals surface area contributed by atoms with E-state index in [2.05, 4.69) is 10.6 Å². The van der Waals surface area contributed by atoms with Crippen molar-refractivity contribution in [1.82, 2.24) is 10.6 Å². The number of carbonyl (C=O) groups is 3. The molecule has 0 fully saturated rings. The highest BCUT2D eigenvalue weighted by Crippen LogP contribution is 2.09. The lowest BCUT2D eigenvalue weighted by Gasteiger charge is -2.28. The van der Waals surface area contributed by atoms with Gasteiger partial charge in [0, 0.05) is 0 Å². The molecule has 17 heavy (non-hydrogen) atoms. The predicted molar refractivity (Wildman–Crippen MR) is 61.3 cm³/mol. The van der Waals surface area contributed by atoms with Crippen molar-refractivity contribution in [3.63, 3.8) is 0 Å². The largest absolute Gasteiger partial charge is 0.480 e. The number of hydrogen-bond acceptors (Lipinski definition) is 3. The molecule has 0 heterocycles. The first-order valence-corrected chi connectivity index (χ1v) is 5.19. The molecular weight excluding hydrogens is 226 g/mol.